The van der Waals surface area contributed by atoms with Gasteiger partial charge in [0.05, 0.1) is 12.5 Å². The molecular weight excluding hydrogens is 271 g/mol. The Labute approximate surface area is 115 Å². The molecule has 6 heteroatoms. The van der Waals surface area contributed by atoms with Crippen molar-refractivity contribution < 1.29 is 23.1 Å². The maximum absolute atomic E-state index is 12.4. The van der Waals surface area contributed by atoms with Crippen molar-refractivity contribution in [1.82, 2.24) is 4.90 Å². The van der Waals surface area contributed by atoms with Crippen molar-refractivity contribution >= 4 is 5.97 Å². The summed E-state index contributed by atoms with van der Waals surface area (Å²) < 4.78 is 37.1. The van der Waals surface area contributed by atoms with Gasteiger partial charge in [0.2, 0.25) is 0 Å². The maximum atomic E-state index is 12.4. The second-order valence-electron chi connectivity index (χ2n) is 5.13. The standard InChI is InChI=1S/C14H16F3NO2/c15-14(16,17)9-18-7-6-11(8-18)12(13(19)20)10-4-2-1-3-5-10/h1-5,11-12H,6-9H2,(H,19,20)/t11-,12+/m0/s1. The second kappa shape index (κ2) is 5.83. The van der Waals surface area contributed by atoms with Crippen LogP contribution in [0.4, 0.5) is 13.2 Å². The van der Waals surface area contributed by atoms with Crippen LogP contribution in [-0.4, -0.2) is 41.8 Å². The van der Waals surface area contributed by atoms with Crippen LogP contribution in [0.3, 0.4) is 0 Å². The minimum Gasteiger partial charge on any atom is -0.481 e. The lowest BCUT2D eigenvalue weighted by Gasteiger charge is -2.21. The molecule has 0 radical (unpaired) electrons. The average molecular weight is 287 g/mol. The molecule has 1 aromatic carbocycles. The molecule has 0 amide bonds. The molecule has 0 saturated carbocycles. The monoisotopic (exact) mass is 287 g/mol. The van der Waals surface area contributed by atoms with E-state index in [1.54, 1.807) is 30.3 Å². The van der Waals surface area contributed by atoms with Gasteiger partial charge >= 0.3 is 12.1 Å². The molecule has 0 unspecified atom stereocenters. The van der Waals surface area contributed by atoms with Crippen LogP contribution in [-0.2, 0) is 4.79 Å². The van der Waals surface area contributed by atoms with Crippen LogP contribution in [0, 0.1) is 5.92 Å². The van der Waals surface area contributed by atoms with E-state index in [0.29, 0.717) is 18.5 Å². The second-order valence-corrected chi connectivity index (χ2v) is 5.13. The number of aliphatic carboxylic acids is 1. The average Bonchev–Trinajstić information content (AvgIpc) is 2.76. The molecule has 0 spiro atoms. The zero-order valence-electron chi connectivity index (χ0n) is 10.8. The Morgan fingerprint density at radius 2 is 2.00 bits per heavy atom. The van der Waals surface area contributed by atoms with Crippen LogP contribution < -0.4 is 0 Å². The zero-order valence-corrected chi connectivity index (χ0v) is 10.8. The minimum absolute atomic E-state index is 0.172. The van der Waals surface area contributed by atoms with Gasteiger partial charge in [0.25, 0.3) is 0 Å². The highest BCUT2D eigenvalue weighted by molar-refractivity contribution is 5.76. The SMILES string of the molecule is O=C(O)[C@H](c1ccccc1)[C@H]1CCN(CC(F)(F)F)C1. The number of carbonyl (C=O) groups is 1. The number of hydrogen-bond acceptors (Lipinski definition) is 2. The van der Waals surface area contributed by atoms with Crippen molar-refractivity contribution in [2.45, 2.75) is 18.5 Å². The molecule has 2 atom stereocenters. The third kappa shape index (κ3) is 3.72. The molecule has 1 N–H and O–H groups in total. The highest BCUT2D eigenvalue weighted by atomic mass is 19.4. The van der Waals surface area contributed by atoms with Gasteiger partial charge in [0.1, 0.15) is 0 Å². The lowest BCUT2D eigenvalue weighted by Crippen LogP contribution is -2.33. The number of benzene rings is 1. The normalized spacial score (nSPS) is 21.9. The first kappa shape index (κ1) is 14.8. The molecule has 1 aromatic rings. The third-order valence-electron chi connectivity index (χ3n) is 3.61. The van der Waals surface area contributed by atoms with E-state index in [1.165, 1.54) is 4.90 Å². The van der Waals surface area contributed by atoms with Gasteiger partial charge in [0, 0.05) is 6.54 Å². The summed E-state index contributed by atoms with van der Waals surface area (Å²) in [5.74, 6) is -2.00. The van der Waals surface area contributed by atoms with E-state index in [-0.39, 0.29) is 12.5 Å². The van der Waals surface area contributed by atoms with Crippen LogP contribution in [0.25, 0.3) is 0 Å². The molecule has 1 aliphatic heterocycles. The van der Waals surface area contributed by atoms with E-state index in [1.807, 2.05) is 0 Å². The summed E-state index contributed by atoms with van der Waals surface area (Å²) in [7, 11) is 0. The van der Waals surface area contributed by atoms with Crippen molar-refractivity contribution in [3.63, 3.8) is 0 Å². The minimum atomic E-state index is -4.24. The zero-order chi connectivity index (χ0) is 14.8. The summed E-state index contributed by atoms with van der Waals surface area (Å²) >= 11 is 0. The topological polar surface area (TPSA) is 40.5 Å². The largest absolute Gasteiger partial charge is 0.481 e. The molecule has 110 valence electrons. The number of rotatable bonds is 4. The summed E-state index contributed by atoms with van der Waals surface area (Å²) in [5.41, 5.74) is 0.652. The number of nitrogens with zero attached hydrogens (tertiary/aromatic N) is 1. The van der Waals surface area contributed by atoms with Gasteiger partial charge in [-0.05, 0) is 24.4 Å². The molecule has 0 aliphatic carbocycles. The summed E-state index contributed by atoms with van der Waals surface area (Å²) in [4.78, 5) is 12.7. The fraction of sp³-hybridized carbons (Fsp3) is 0.500. The number of likely N-dealkylation sites (tertiary alicyclic amines) is 1. The Morgan fingerprint density at radius 1 is 1.35 bits per heavy atom. The molecule has 1 heterocycles. The predicted octanol–water partition coefficient (Wildman–Crippen LogP) is 2.74. The summed E-state index contributed by atoms with van der Waals surface area (Å²) in [6, 6.07) is 8.70. The number of carboxylic acids is 1. The molecule has 1 saturated heterocycles. The van der Waals surface area contributed by atoms with Crippen LogP contribution >= 0.6 is 0 Å². The van der Waals surface area contributed by atoms with Crippen LogP contribution in [0.2, 0.25) is 0 Å². The Hall–Kier alpha value is -1.56. The van der Waals surface area contributed by atoms with Crippen molar-refractivity contribution in [1.29, 1.82) is 0 Å². The lowest BCUT2D eigenvalue weighted by molar-refractivity contribution is -0.144. The Kier molecular flexibility index (Phi) is 4.32. The van der Waals surface area contributed by atoms with Crippen molar-refractivity contribution in [3.05, 3.63) is 35.9 Å². The van der Waals surface area contributed by atoms with E-state index < -0.39 is 24.6 Å². The predicted molar refractivity (Wildman–Crippen MR) is 67.4 cm³/mol. The van der Waals surface area contributed by atoms with Gasteiger partial charge in [-0.1, -0.05) is 30.3 Å². The molecule has 1 fully saturated rings. The quantitative estimate of drug-likeness (QED) is 0.925. The number of alkyl halides is 3. The van der Waals surface area contributed by atoms with Crippen molar-refractivity contribution in [3.8, 4) is 0 Å². The highest BCUT2D eigenvalue weighted by Gasteiger charge is 2.39. The fourth-order valence-electron chi connectivity index (χ4n) is 2.81. The third-order valence-corrected chi connectivity index (χ3v) is 3.61. The van der Waals surface area contributed by atoms with Gasteiger partial charge < -0.3 is 5.11 Å². The Morgan fingerprint density at radius 3 is 2.55 bits per heavy atom. The van der Waals surface area contributed by atoms with E-state index in [2.05, 4.69) is 0 Å². The molecule has 1 aliphatic rings. The molecule has 3 nitrogen and oxygen atoms in total. The summed E-state index contributed by atoms with van der Waals surface area (Å²) in [6.45, 7) is -0.503. The summed E-state index contributed by atoms with van der Waals surface area (Å²) in [6.07, 6.45) is -3.76. The molecule has 0 aromatic heterocycles. The molecule has 0 bridgehead atoms. The van der Waals surface area contributed by atoms with Crippen LogP contribution in [0.1, 0.15) is 17.9 Å². The number of carboxylic acid groups (broad SMARTS) is 1. The smallest absolute Gasteiger partial charge is 0.401 e. The fourth-order valence-corrected chi connectivity index (χ4v) is 2.81. The highest BCUT2D eigenvalue weighted by Crippen LogP contribution is 2.33. The van der Waals surface area contributed by atoms with E-state index in [0.717, 1.165) is 0 Å². The van der Waals surface area contributed by atoms with E-state index >= 15 is 0 Å². The molecule has 20 heavy (non-hydrogen) atoms. The van der Waals surface area contributed by atoms with Crippen molar-refractivity contribution in [2.24, 2.45) is 5.92 Å². The first-order valence-corrected chi connectivity index (χ1v) is 6.43. The van der Waals surface area contributed by atoms with Gasteiger partial charge in [-0.15, -0.1) is 0 Å². The Bertz CT molecular complexity index is 461. The first-order valence-electron chi connectivity index (χ1n) is 6.43. The van der Waals surface area contributed by atoms with E-state index in [9.17, 15) is 23.1 Å². The summed E-state index contributed by atoms with van der Waals surface area (Å²) in [5, 5.41) is 9.37. The maximum Gasteiger partial charge on any atom is 0.401 e. The van der Waals surface area contributed by atoms with Gasteiger partial charge in [-0.2, -0.15) is 13.2 Å². The first-order chi connectivity index (χ1) is 9.37. The molecular formula is C14H16F3NO2. The van der Waals surface area contributed by atoms with Gasteiger partial charge in [0.15, 0.2) is 0 Å². The lowest BCUT2D eigenvalue weighted by atomic mass is 9.85. The van der Waals surface area contributed by atoms with Crippen molar-refractivity contribution in [2.75, 3.05) is 19.6 Å². The Balaban J connectivity index is 2.08. The number of halogens is 3. The van der Waals surface area contributed by atoms with Crippen LogP contribution in [0.15, 0.2) is 30.3 Å². The van der Waals surface area contributed by atoms with Gasteiger partial charge in [-0.3, -0.25) is 9.69 Å². The van der Waals surface area contributed by atoms with E-state index in [4.69, 9.17) is 0 Å². The molecule has 2 rings (SSSR count). The number of hydrogen-bond donors (Lipinski definition) is 1. The van der Waals surface area contributed by atoms with Crippen LogP contribution in [0.5, 0.6) is 0 Å². The van der Waals surface area contributed by atoms with Gasteiger partial charge in [-0.25, -0.2) is 0 Å².